The van der Waals surface area contributed by atoms with E-state index in [1.54, 1.807) is 13.1 Å². The van der Waals surface area contributed by atoms with Gasteiger partial charge in [-0.05, 0) is 49.0 Å². The van der Waals surface area contributed by atoms with Crippen LogP contribution in [-0.4, -0.2) is 38.4 Å². The van der Waals surface area contributed by atoms with Gasteiger partial charge in [-0.2, -0.15) is 5.10 Å². The second-order valence-corrected chi connectivity index (χ2v) is 8.90. The third-order valence-electron chi connectivity index (χ3n) is 5.53. The Labute approximate surface area is 211 Å². The first-order valence-electron chi connectivity index (χ1n) is 11.0. The number of rotatable bonds is 7. The van der Waals surface area contributed by atoms with Gasteiger partial charge in [0.1, 0.15) is 35.7 Å². The van der Waals surface area contributed by atoms with E-state index in [0.717, 1.165) is 23.3 Å². The fourth-order valence-corrected chi connectivity index (χ4v) is 4.01. The van der Waals surface area contributed by atoms with E-state index < -0.39 is 23.1 Å². The van der Waals surface area contributed by atoms with Gasteiger partial charge in [0, 0.05) is 35.8 Å². The quantitative estimate of drug-likeness (QED) is 0.364. The highest BCUT2D eigenvalue weighted by Gasteiger charge is 2.34. The fraction of sp³-hybridized carbons (Fsp3) is 0.185. The van der Waals surface area contributed by atoms with Crippen molar-refractivity contribution in [3.05, 3.63) is 118 Å². The SMILES string of the molecule is CN(Cc1ccc(C#Cc2ccc(Cl)c(F)c2)cc1)CC(O)(Cn1cncn1)c1ccc(F)cc1F. The molecule has 36 heavy (non-hydrogen) atoms. The van der Waals surface area contributed by atoms with Crippen molar-refractivity contribution in [3.8, 4) is 11.8 Å². The van der Waals surface area contributed by atoms with E-state index in [-0.39, 0.29) is 23.7 Å². The van der Waals surface area contributed by atoms with Gasteiger partial charge in [0.25, 0.3) is 0 Å². The average Bonchev–Trinajstić information content (AvgIpc) is 3.33. The maximum atomic E-state index is 14.6. The molecule has 0 spiro atoms. The van der Waals surface area contributed by atoms with Crippen LogP contribution in [0.25, 0.3) is 0 Å². The molecule has 0 amide bonds. The summed E-state index contributed by atoms with van der Waals surface area (Å²) < 4.78 is 43.1. The molecule has 9 heteroatoms. The van der Waals surface area contributed by atoms with E-state index in [1.807, 2.05) is 29.2 Å². The molecule has 1 atom stereocenters. The molecule has 1 unspecified atom stereocenters. The van der Waals surface area contributed by atoms with Gasteiger partial charge in [-0.3, -0.25) is 4.90 Å². The van der Waals surface area contributed by atoms with Crippen molar-refractivity contribution in [2.75, 3.05) is 13.6 Å². The largest absolute Gasteiger partial charge is 0.382 e. The molecule has 1 heterocycles. The van der Waals surface area contributed by atoms with Crippen LogP contribution in [0.4, 0.5) is 13.2 Å². The van der Waals surface area contributed by atoms with Gasteiger partial charge >= 0.3 is 0 Å². The number of aliphatic hydroxyl groups is 1. The summed E-state index contributed by atoms with van der Waals surface area (Å²) in [5.74, 6) is 3.80. The molecule has 0 aliphatic rings. The molecule has 1 N–H and O–H groups in total. The second kappa shape index (κ2) is 11.0. The minimum atomic E-state index is -1.69. The van der Waals surface area contributed by atoms with Gasteiger partial charge in [0.15, 0.2) is 0 Å². The summed E-state index contributed by atoms with van der Waals surface area (Å²) in [7, 11) is 1.79. The van der Waals surface area contributed by atoms with E-state index in [2.05, 4.69) is 21.9 Å². The van der Waals surface area contributed by atoms with Crippen molar-refractivity contribution < 1.29 is 18.3 Å². The summed E-state index contributed by atoms with van der Waals surface area (Å²) in [6, 6.07) is 14.9. The van der Waals surface area contributed by atoms with Crippen molar-refractivity contribution in [2.45, 2.75) is 18.7 Å². The lowest BCUT2D eigenvalue weighted by Gasteiger charge is -2.33. The first-order chi connectivity index (χ1) is 17.2. The summed E-state index contributed by atoms with van der Waals surface area (Å²) in [5.41, 5.74) is 0.464. The smallest absolute Gasteiger partial charge is 0.143 e. The van der Waals surface area contributed by atoms with Crippen LogP contribution in [0.15, 0.2) is 73.3 Å². The van der Waals surface area contributed by atoms with Crippen molar-refractivity contribution in [3.63, 3.8) is 0 Å². The van der Waals surface area contributed by atoms with Gasteiger partial charge in [-0.15, -0.1) is 0 Å². The summed E-state index contributed by atoms with van der Waals surface area (Å²) in [6.45, 7) is 0.414. The van der Waals surface area contributed by atoms with E-state index in [4.69, 9.17) is 11.6 Å². The van der Waals surface area contributed by atoms with Crippen LogP contribution in [0.1, 0.15) is 22.3 Å². The highest BCUT2D eigenvalue weighted by Crippen LogP contribution is 2.28. The Kier molecular flexibility index (Phi) is 7.75. The molecule has 3 aromatic carbocycles. The standard InChI is InChI=1S/C27H22ClF3N4O/c1-34(14-21-6-3-19(4-7-21)2-5-20-8-11-24(28)26(31)12-20)15-27(36,16-35-18-32-17-33-35)23-10-9-22(29)13-25(23)30/h3-4,6-13,17-18,36H,14-16H2,1H3. The van der Waals surface area contributed by atoms with Crippen molar-refractivity contribution >= 4 is 11.6 Å². The molecule has 4 rings (SSSR count). The van der Waals surface area contributed by atoms with Crippen LogP contribution < -0.4 is 0 Å². The molecule has 0 fully saturated rings. The molecule has 0 saturated carbocycles. The van der Waals surface area contributed by atoms with Crippen molar-refractivity contribution in [1.82, 2.24) is 19.7 Å². The molecule has 0 saturated heterocycles. The van der Waals surface area contributed by atoms with Crippen LogP contribution in [-0.2, 0) is 18.7 Å². The van der Waals surface area contributed by atoms with Gasteiger partial charge < -0.3 is 5.11 Å². The van der Waals surface area contributed by atoms with Gasteiger partial charge in [-0.25, -0.2) is 22.8 Å². The zero-order chi connectivity index (χ0) is 25.7. The molecule has 0 aliphatic heterocycles. The average molecular weight is 511 g/mol. The molecule has 0 aliphatic carbocycles. The van der Waals surface area contributed by atoms with Crippen LogP contribution >= 0.6 is 11.6 Å². The Bertz CT molecular complexity index is 1400. The van der Waals surface area contributed by atoms with E-state index in [9.17, 15) is 18.3 Å². The maximum Gasteiger partial charge on any atom is 0.143 e. The van der Waals surface area contributed by atoms with Crippen molar-refractivity contribution in [1.29, 1.82) is 0 Å². The van der Waals surface area contributed by atoms with Crippen LogP contribution in [0.2, 0.25) is 5.02 Å². The highest BCUT2D eigenvalue weighted by atomic mass is 35.5. The normalized spacial score (nSPS) is 12.8. The van der Waals surface area contributed by atoms with Crippen LogP contribution in [0.3, 0.4) is 0 Å². The molecular formula is C27H22ClF3N4O. The minimum Gasteiger partial charge on any atom is -0.382 e. The highest BCUT2D eigenvalue weighted by molar-refractivity contribution is 6.30. The van der Waals surface area contributed by atoms with E-state index >= 15 is 0 Å². The van der Waals surface area contributed by atoms with Gasteiger partial charge in [0.2, 0.25) is 0 Å². The fourth-order valence-electron chi connectivity index (χ4n) is 3.90. The molecule has 0 radical (unpaired) electrons. The monoisotopic (exact) mass is 510 g/mol. The summed E-state index contributed by atoms with van der Waals surface area (Å²) in [4.78, 5) is 5.70. The number of nitrogens with zero attached hydrogens (tertiary/aromatic N) is 4. The second-order valence-electron chi connectivity index (χ2n) is 8.50. The molecule has 5 nitrogen and oxygen atoms in total. The lowest BCUT2D eigenvalue weighted by molar-refractivity contribution is -0.0175. The summed E-state index contributed by atoms with van der Waals surface area (Å²) in [6.07, 6.45) is 2.74. The molecule has 0 bridgehead atoms. The van der Waals surface area contributed by atoms with E-state index in [0.29, 0.717) is 12.1 Å². The Balaban J connectivity index is 1.47. The van der Waals surface area contributed by atoms with E-state index in [1.165, 1.54) is 35.5 Å². The minimum absolute atomic E-state index is 0.0319. The Morgan fingerprint density at radius 2 is 1.69 bits per heavy atom. The Hall–Kier alpha value is -3.64. The summed E-state index contributed by atoms with van der Waals surface area (Å²) in [5, 5.41) is 15.5. The lowest BCUT2D eigenvalue weighted by Crippen LogP contribution is -2.43. The third-order valence-corrected chi connectivity index (χ3v) is 5.84. The van der Waals surface area contributed by atoms with Crippen molar-refractivity contribution in [2.24, 2.45) is 0 Å². The number of halogens is 4. The van der Waals surface area contributed by atoms with Crippen LogP contribution in [0, 0.1) is 29.3 Å². The van der Waals surface area contributed by atoms with Gasteiger partial charge in [-0.1, -0.05) is 41.6 Å². The zero-order valence-electron chi connectivity index (χ0n) is 19.3. The molecule has 184 valence electrons. The Morgan fingerprint density at radius 3 is 2.36 bits per heavy atom. The lowest BCUT2D eigenvalue weighted by atomic mass is 9.92. The Morgan fingerprint density at radius 1 is 0.972 bits per heavy atom. The van der Waals surface area contributed by atoms with Crippen LogP contribution in [0.5, 0.6) is 0 Å². The number of hydrogen-bond donors (Lipinski definition) is 1. The first kappa shape index (κ1) is 25.5. The van der Waals surface area contributed by atoms with Gasteiger partial charge in [0.05, 0.1) is 11.6 Å². The number of benzene rings is 3. The number of likely N-dealkylation sites (N-methyl/N-ethyl adjacent to an activating group) is 1. The third kappa shape index (κ3) is 6.32. The zero-order valence-corrected chi connectivity index (χ0v) is 20.1. The predicted molar refractivity (Wildman–Crippen MR) is 130 cm³/mol. The summed E-state index contributed by atoms with van der Waals surface area (Å²) >= 11 is 5.70. The number of hydrogen-bond acceptors (Lipinski definition) is 4. The molecular weight excluding hydrogens is 489 g/mol. The predicted octanol–water partition coefficient (Wildman–Crippen LogP) is 4.77. The maximum absolute atomic E-state index is 14.6. The first-order valence-corrected chi connectivity index (χ1v) is 11.3. The topological polar surface area (TPSA) is 54.2 Å². The molecule has 4 aromatic rings. The molecule has 1 aromatic heterocycles. The number of aromatic nitrogens is 3.